The summed E-state index contributed by atoms with van der Waals surface area (Å²) in [5.41, 5.74) is 8.30. The first-order valence-corrected chi connectivity index (χ1v) is 7.02. The number of benzene rings is 2. The molecule has 2 aromatic rings. The van der Waals surface area contributed by atoms with E-state index in [2.05, 4.69) is 0 Å². The van der Waals surface area contributed by atoms with E-state index in [-0.39, 0.29) is 0 Å². The van der Waals surface area contributed by atoms with Crippen LogP contribution in [0.4, 0.5) is 5.69 Å². The first kappa shape index (κ1) is 11.7. The summed E-state index contributed by atoms with van der Waals surface area (Å²) in [7, 11) is -3.13. The highest BCUT2D eigenvalue weighted by Crippen LogP contribution is 2.22. The Hall–Kier alpha value is -1.81. The average molecular weight is 247 g/mol. The van der Waals surface area contributed by atoms with Crippen LogP contribution in [0.3, 0.4) is 0 Å². The molecule has 17 heavy (non-hydrogen) atoms. The van der Waals surface area contributed by atoms with Crippen LogP contribution in [0.1, 0.15) is 0 Å². The van der Waals surface area contributed by atoms with Gasteiger partial charge in [0.25, 0.3) is 0 Å². The van der Waals surface area contributed by atoms with E-state index in [9.17, 15) is 8.42 Å². The minimum atomic E-state index is -3.13. The van der Waals surface area contributed by atoms with Gasteiger partial charge >= 0.3 is 0 Å². The third-order valence-electron chi connectivity index (χ3n) is 2.53. The summed E-state index contributed by atoms with van der Waals surface area (Å²) >= 11 is 0. The van der Waals surface area contributed by atoms with E-state index in [1.165, 1.54) is 6.26 Å². The maximum absolute atomic E-state index is 11.3. The zero-order valence-corrected chi connectivity index (χ0v) is 10.2. The summed E-state index contributed by atoms with van der Waals surface area (Å²) in [6.07, 6.45) is 1.20. The molecule has 2 rings (SSSR count). The number of hydrogen-bond acceptors (Lipinski definition) is 3. The molecule has 4 heteroatoms. The van der Waals surface area contributed by atoms with Gasteiger partial charge in [-0.25, -0.2) is 8.42 Å². The van der Waals surface area contributed by atoms with E-state index in [0.717, 1.165) is 11.1 Å². The minimum Gasteiger partial charge on any atom is -0.399 e. The predicted molar refractivity (Wildman–Crippen MR) is 69.4 cm³/mol. The predicted octanol–water partition coefficient (Wildman–Crippen LogP) is 2.34. The Morgan fingerprint density at radius 1 is 0.824 bits per heavy atom. The Kier molecular flexibility index (Phi) is 2.90. The molecule has 88 valence electrons. The number of hydrogen-bond donors (Lipinski definition) is 1. The summed E-state index contributed by atoms with van der Waals surface area (Å²) in [5.74, 6) is 0. The fraction of sp³-hybridized carbons (Fsp3) is 0.0769. The molecule has 0 unspecified atom stereocenters. The normalized spacial score (nSPS) is 11.4. The Morgan fingerprint density at radius 2 is 1.24 bits per heavy atom. The molecule has 0 bridgehead atoms. The Bertz CT molecular complexity index is 613. The van der Waals surface area contributed by atoms with Gasteiger partial charge in [0.15, 0.2) is 9.84 Å². The number of nitrogen functional groups attached to an aromatic ring is 1. The molecule has 0 atom stereocenters. The lowest BCUT2D eigenvalue weighted by atomic mass is 10.1. The highest BCUT2D eigenvalue weighted by Gasteiger charge is 2.06. The van der Waals surface area contributed by atoms with Crippen LogP contribution < -0.4 is 5.73 Å². The zero-order valence-electron chi connectivity index (χ0n) is 9.42. The first-order valence-electron chi connectivity index (χ1n) is 5.13. The summed E-state index contributed by atoms with van der Waals surface area (Å²) in [6.45, 7) is 0. The second kappa shape index (κ2) is 4.22. The summed E-state index contributed by atoms with van der Waals surface area (Å²) in [5, 5.41) is 0. The minimum absolute atomic E-state index is 0.330. The lowest BCUT2D eigenvalue weighted by Gasteiger charge is -2.03. The van der Waals surface area contributed by atoms with Crippen LogP contribution in [0.5, 0.6) is 0 Å². The lowest BCUT2D eigenvalue weighted by molar-refractivity contribution is 0.602. The molecule has 3 nitrogen and oxygen atoms in total. The Labute approximate surface area is 101 Å². The molecule has 0 amide bonds. The molecule has 0 aliphatic heterocycles. The second-order valence-electron chi connectivity index (χ2n) is 3.92. The van der Waals surface area contributed by atoms with Crippen molar-refractivity contribution in [3.8, 4) is 11.1 Å². The molecule has 0 spiro atoms. The van der Waals surface area contributed by atoms with Crippen LogP contribution in [0.25, 0.3) is 11.1 Å². The second-order valence-corrected chi connectivity index (χ2v) is 5.93. The molecule has 0 saturated heterocycles. The Morgan fingerprint density at radius 3 is 1.65 bits per heavy atom. The molecular formula is C13H13NO2S. The third-order valence-corrected chi connectivity index (χ3v) is 3.65. The first-order chi connectivity index (χ1) is 7.97. The van der Waals surface area contributed by atoms with Crippen LogP contribution in [0, 0.1) is 0 Å². The van der Waals surface area contributed by atoms with Gasteiger partial charge in [0.05, 0.1) is 4.90 Å². The van der Waals surface area contributed by atoms with Crippen molar-refractivity contribution in [2.45, 2.75) is 4.90 Å². The average Bonchev–Trinajstić information content (AvgIpc) is 2.29. The van der Waals surface area contributed by atoms with Gasteiger partial charge in [-0.2, -0.15) is 0 Å². The standard InChI is InChI=1S/C13H13NO2S/c1-17(15,16)13-8-4-11(5-9-13)10-2-6-12(14)7-3-10/h2-9H,14H2,1H3. The van der Waals surface area contributed by atoms with E-state index in [4.69, 9.17) is 5.73 Å². The van der Waals surface area contributed by atoms with Crippen LogP contribution >= 0.6 is 0 Å². The van der Waals surface area contributed by atoms with Crippen molar-refractivity contribution in [2.75, 3.05) is 12.0 Å². The maximum atomic E-state index is 11.3. The number of rotatable bonds is 2. The van der Waals surface area contributed by atoms with E-state index < -0.39 is 9.84 Å². The Balaban J connectivity index is 2.39. The van der Waals surface area contributed by atoms with Gasteiger partial charge in [0, 0.05) is 11.9 Å². The smallest absolute Gasteiger partial charge is 0.175 e. The van der Waals surface area contributed by atoms with Gasteiger partial charge in [-0.3, -0.25) is 0 Å². The SMILES string of the molecule is CS(=O)(=O)c1ccc(-c2ccc(N)cc2)cc1. The van der Waals surface area contributed by atoms with Crippen LogP contribution in [0.15, 0.2) is 53.4 Å². The van der Waals surface area contributed by atoms with Crippen molar-refractivity contribution in [1.29, 1.82) is 0 Å². The number of nitrogens with two attached hydrogens (primary N) is 1. The highest BCUT2D eigenvalue weighted by atomic mass is 32.2. The van der Waals surface area contributed by atoms with Crippen molar-refractivity contribution in [2.24, 2.45) is 0 Å². The quantitative estimate of drug-likeness (QED) is 0.829. The van der Waals surface area contributed by atoms with Gasteiger partial charge < -0.3 is 5.73 Å². The number of sulfone groups is 1. The van der Waals surface area contributed by atoms with Crippen molar-refractivity contribution < 1.29 is 8.42 Å². The molecule has 0 aliphatic carbocycles. The highest BCUT2D eigenvalue weighted by molar-refractivity contribution is 7.90. The molecule has 0 radical (unpaired) electrons. The van der Waals surface area contributed by atoms with Gasteiger partial charge in [0.1, 0.15) is 0 Å². The van der Waals surface area contributed by atoms with Crippen LogP contribution in [0.2, 0.25) is 0 Å². The molecule has 0 heterocycles. The fourth-order valence-corrected chi connectivity index (χ4v) is 2.20. The van der Waals surface area contributed by atoms with E-state index >= 15 is 0 Å². The number of anilines is 1. The van der Waals surface area contributed by atoms with Gasteiger partial charge in [0.2, 0.25) is 0 Å². The lowest BCUT2D eigenvalue weighted by Crippen LogP contribution is -1.96. The molecule has 0 fully saturated rings. The topological polar surface area (TPSA) is 60.2 Å². The van der Waals surface area contributed by atoms with E-state index in [1.807, 2.05) is 24.3 Å². The summed E-state index contributed by atoms with van der Waals surface area (Å²) in [4.78, 5) is 0.330. The van der Waals surface area contributed by atoms with Crippen LogP contribution in [-0.4, -0.2) is 14.7 Å². The largest absolute Gasteiger partial charge is 0.399 e. The monoisotopic (exact) mass is 247 g/mol. The van der Waals surface area contributed by atoms with Crippen molar-refractivity contribution in [1.82, 2.24) is 0 Å². The zero-order chi connectivity index (χ0) is 12.5. The molecule has 0 aromatic heterocycles. The van der Waals surface area contributed by atoms with Crippen molar-refractivity contribution in [3.63, 3.8) is 0 Å². The van der Waals surface area contributed by atoms with Crippen LogP contribution in [-0.2, 0) is 9.84 Å². The summed E-state index contributed by atoms with van der Waals surface area (Å²) in [6, 6.07) is 14.3. The fourth-order valence-electron chi connectivity index (χ4n) is 1.57. The molecule has 0 saturated carbocycles. The van der Waals surface area contributed by atoms with E-state index in [0.29, 0.717) is 10.6 Å². The van der Waals surface area contributed by atoms with Gasteiger partial charge in [-0.1, -0.05) is 24.3 Å². The maximum Gasteiger partial charge on any atom is 0.175 e. The van der Waals surface area contributed by atoms with Gasteiger partial charge in [-0.15, -0.1) is 0 Å². The van der Waals surface area contributed by atoms with Crippen molar-refractivity contribution >= 4 is 15.5 Å². The molecule has 2 N–H and O–H groups in total. The molecule has 0 aliphatic rings. The van der Waals surface area contributed by atoms with Crippen molar-refractivity contribution in [3.05, 3.63) is 48.5 Å². The summed E-state index contributed by atoms with van der Waals surface area (Å²) < 4.78 is 22.6. The molecule has 2 aromatic carbocycles. The van der Waals surface area contributed by atoms with Gasteiger partial charge in [-0.05, 0) is 35.4 Å². The third kappa shape index (κ3) is 2.65. The molecular weight excluding hydrogens is 234 g/mol. The van der Waals surface area contributed by atoms with E-state index in [1.54, 1.807) is 24.3 Å².